The van der Waals surface area contributed by atoms with Crippen LogP contribution < -0.4 is 11.1 Å². The Hall–Kier alpha value is -2.06. The Kier molecular flexibility index (Phi) is 3.26. The van der Waals surface area contributed by atoms with Crippen LogP contribution in [-0.4, -0.2) is 4.98 Å². The molecule has 5 heteroatoms. The number of nitrogens with zero attached hydrogens (tertiary/aromatic N) is 2. The van der Waals surface area contributed by atoms with Gasteiger partial charge in [-0.1, -0.05) is 0 Å². The van der Waals surface area contributed by atoms with Gasteiger partial charge in [-0.05, 0) is 40.2 Å². The monoisotopic (exact) mass is 288 g/mol. The minimum Gasteiger partial charge on any atom is -0.399 e. The number of anilines is 3. The number of benzene rings is 1. The number of hydrogen-bond donors (Lipinski definition) is 2. The van der Waals surface area contributed by atoms with Gasteiger partial charge >= 0.3 is 0 Å². The molecule has 0 aliphatic heterocycles. The summed E-state index contributed by atoms with van der Waals surface area (Å²) in [6.07, 6.45) is 1.63. The zero-order valence-corrected chi connectivity index (χ0v) is 10.4. The number of nitriles is 1. The molecule has 3 N–H and O–H groups in total. The lowest BCUT2D eigenvalue weighted by molar-refractivity contribution is 1.31. The number of hydrogen-bond acceptors (Lipinski definition) is 4. The molecule has 0 saturated heterocycles. The number of halogens is 1. The standard InChI is InChI=1S/C12H9BrN4/c13-10-5-8(7-14)1-2-11(10)17-12-6-9(15)3-4-16-12/h1-6H,(H3,15,16,17). The molecule has 0 spiro atoms. The molecule has 4 nitrogen and oxygen atoms in total. The van der Waals surface area contributed by atoms with Gasteiger partial charge in [-0.25, -0.2) is 4.98 Å². The highest BCUT2D eigenvalue weighted by atomic mass is 79.9. The van der Waals surface area contributed by atoms with Crippen LogP contribution in [0.3, 0.4) is 0 Å². The molecule has 2 aromatic rings. The summed E-state index contributed by atoms with van der Waals surface area (Å²) in [6.45, 7) is 0. The highest BCUT2D eigenvalue weighted by molar-refractivity contribution is 9.10. The number of rotatable bonds is 2. The summed E-state index contributed by atoms with van der Waals surface area (Å²) in [5.41, 5.74) is 7.74. The van der Waals surface area contributed by atoms with E-state index in [1.807, 2.05) is 6.07 Å². The predicted octanol–water partition coefficient (Wildman–Crippen LogP) is 3.04. The van der Waals surface area contributed by atoms with Crippen molar-refractivity contribution in [3.63, 3.8) is 0 Å². The van der Waals surface area contributed by atoms with Crippen molar-refractivity contribution in [1.29, 1.82) is 5.26 Å². The average Bonchev–Trinajstić information content (AvgIpc) is 2.32. The van der Waals surface area contributed by atoms with Crippen LogP contribution in [0.1, 0.15) is 5.56 Å². The maximum absolute atomic E-state index is 8.76. The number of nitrogen functional groups attached to an aromatic ring is 1. The second-order valence-electron chi connectivity index (χ2n) is 3.41. The second kappa shape index (κ2) is 4.85. The zero-order valence-electron chi connectivity index (χ0n) is 8.81. The topological polar surface area (TPSA) is 74.7 Å². The fourth-order valence-corrected chi connectivity index (χ4v) is 1.82. The summed E-state index contributed by atoms with van der Waals surface area (Å²) in [4.78, 5) is 4.14. The molecule has 1 heterocycles. The normalized spacial score (nSPS) is 9.65. The molecular formula is C12H9BrN4. The molecule has 0 amide bonds. The Morgan fingerprint density at radius 1 is 1.29 bits per heavy atom. The SMILES string of the molecule is N#Cc1ccc(Nc2cc(N)ccn2)c(Br)c1. The van der Waals surface area contributed by atoms with Crippen molar-refractivity contribution >= 4 is 33.1 Å². The van der Waals surface area contributed by atoms with E-state index in [0.717, 1.165) is 10.2 Å². The van der Waals surface area contributed by atoms with Gasteiger partial charge in [0.2, 0.25) is 0 Å². The van der Waals surface area contributed by atoms with Crippen LogP contribution in [-0.2, 0) is 0 Å². The van der Waals surface area contributed by atoms with Crippen molar-refractivity contribution in [2.45, 2.75) is 0 Å². The molecule has 2 rings (SSSR count). The molecule has 0 fully saturated rings. The average molecular weight is 289 g/mol. The Labute approximate surface area is 107 Å². The van der Waals surface area contributed by atoms with Gasteiger partial charge in [-0.15, -0.1) is 0 Å². The van der Waals surface area contributed by atoms with Crippen molar-refractivity contribution in [1.82, 2.24) is 4.98 Å². The third-order valence-electron chi connectivity index (χ3n) is 2.14. The summed E-state index contributed by atoms with van der Waals surface area (Å²) in [5, 5.41) is 11.9. The Morgan fingerprint density at radius 2 is 2.12 bits per heavy atom. The highest BCUT2D eigenvalue weighted by Gasteiger charge is 2.02. The van der Waals surface area contributed by atoms with Gasteiger partial charge < -0.3 is 11.1 Å². The van der Waals surface area contributed by atoms with E-state index in [-0.39, 0.29) is 0 Å². The molecule has 84 valence electrons. The van der Waals surface area contributed by atoms with Crippen LogP contribution in [0, 0.1) is 11.3 Å². The summed E-state index contributed by atoms with van der Waals surface area (Å²) >= 11 is 3.39. The van der Waals surface area contributed by atoms with Crippen LogP contribution in [0.15, 0.2) is 41.0 Å². The zero-order chi connectivity index (χ0) is 12.3. The van der Waals surface area contributed by atoms with Crippen molar-refractivity contribution < 1.29 is 0 Å². The lowest BCUT2D eigenvalue weighted by Gasteiger charge is -2.08. The third-order valence-corrected chi connectivity index (χ3v) is 2.80. The van der Waals surface area contributed by atoms with E-state index in [9.17, 15) is 0 Å². The van der Waals surface area contributed by atoms with Crippen LogP contribution in [0.5, 0.6) is 0 Å². The first kappa shape index (κ1) is 11.4. The molecule has 17 heavy (non-hydrogen) atoms. The van der Waals surface area contributed by atoms with Gasteiger partial charge in [0, 0.05) is 22.4 Å². The molecule has 0 aliphatic rings. The van der Waals surface area contributed by atoms with Crippen LogP contribution in [0.2, 0.25) is 0 Å². The minimum absolute atomic E-state index is 0.600. The van der Waals surface area contributed by atoms with Crippen LogP contribution in [0.4, 0.5) is 17.2 Å². The lowest BCUT2D eigenvalue weighted by Crippen LogP contribution is -1.96. The Morgan fingerprint density at radius 3 is 2.76 bits per heavy atom. The lowest BCUT2D eigenvalue weighted by atomic mass is 10.2. The molecule has 0 unspecified atom stereocenters. The molecule has 1 aromatic heterocycles. The minimum atomic E-state index is 0.600. The molecular weight excluding hydrogens is 280 g/mol. The van der Waals surface area contributed by atoms with Crippen LogP contribution >= 0.6 is 15.9 Å². The molecule has 0 atom stereocenters. The largest absolute Gasteiger partial charge is 0.399 e. The van der Waals surface area contributed by atoms with E-state index >= 15 is 0 Å². The van der Waals surface area contributed by atoms with Gasteiger partial charge in [0.05, 0.1) is 17.3 Å². The van der Waals surface area contributed by atoms with E-state index in [1.54, 1.807) is 30.5 Å². The maximum atomic E-state index is 8.76. The first-order valence-electron chi connectivity index (χ1n) is 4.87. The Balaban J connectivity index is 2.28. The van der Waals surface area contributed by atoms with Crippen molar-refractivity contribution in [3.8, 4) is 6.07 Å². The smallest absolute Gasteiger partial charge is 0.132 e. The quantitative estimate of drug-likeness (QED) is 0.891. The van der Waals surface area contributed by atoms with E-state index in [2.05, 4.69) is 32.3 Å². The summed E-state index contributed by atoms with van der Waals surface area (Å²) in [5.74, 6) is 0.662. The molecule has 1 aromatic carbocycles. The van der Waals surface area contributed by atoms with Gasteiger partial charge in [0.1, 0.15) is 5.82 Å². The Bertz CT molecular complexity index is 589. The van der Waals surface area contributed by atoms with Gasteiger partial charge in [0.25, 0.3) is 0 Å². The van der Waals surface area contributed by atoms with Gasteiger partial charge in [0.15, 0.2) is 0 Å². The van der Waals surface area contributed by atoms with E-state index in [0.29, 0.717) is 17.1 Å². The van der Waals surface area contributed by atoms with E-state index in [1.165, 1.54) is 0 Å². The fraction of sp³-hybridized carbons (Fsp3) is 0. The molecule has 0 radical (unpaired) electrons. The maximum Gasteiger partial charge on any atom is 0.132 e. The number of pyridine rings is 1. The summed E-state index contributed by atoms with van der Waals surface area (Å²) in [6, 6.07) is 10.8. The van der Waals surface area contributed by atoms with Gasteiger partial charge in [-0.2, -0.15) is 5.26 Å². The highest BCUT2D eigenvalue weighted by Crippen LogP contribution is 2.26. The number of nitrogens with one attached hydrogen (secondary N) is 1. The van der Waals surface area contributed by atoms with E-state index < -0.39 is 0 Å². The summed E-state index contributed by atoms with van der Waals surface area (Å²) in [7, 11) is 0. The third kappa shape index (κ3) is 2.74. The van der Waals surface area contributed by atoms with E-state index in [4.69, 9.17) is 11.0 Å². The van der Waals surface area contributed by atoms with Crippen molar-refractivity contribution in [2.75, 3.05) is 11.1 Å². The van der Waals surface area contributed by atoms with Gasteiger partial charge in [-0.3, -0.25) is 0 Å². The number of aromatic nitrogens is 1. The molecule has 0 saturated carbocycles. The van der Waals surface area contributed by atoms with Crippen molar-refractivity contribution in [3.05, 3.63) is 46.6 Å². The van der Waals surface area contributed by atoms with Crippen molar-refractivity contribution in [2.24, 2.45) is 0 Å². The first-order valence-corrected chi connectivity index (χ1v) is 5.66. The second-order valence-corrected chi connectivity index (χ2v) is 4.26. The molecule has 0 aliphatic carbocycles. The fourth-order valence-electron chi connectivity index (χ4n) is 1.34. The predicted molar refractivity (Wildman–Crippen MR) is 70.8 cm³/mol. The summed E-state index contributed by atoms with van der Waals surface area (Å²) < 4.78 is 0.806. The number of nitrogens with two attached hydrogens (primary N) is 1. The van der Waals surface area contributed by atoms with Crippen LogP contribution in [0.25, 0.3) is 0 Å². The molecule has 0 bridgehead atoms. The first-order chi connectivity index (χ1) is 8.19.